The lowest BCUT2D eigenvalue weighted by Crippen LogP contribution is -2.28. The highest BCUT2D eigenvalue weighted by Crippen LogP contribution is 2.21. The Morgan fingerprint density at radius 3 is 2.75 bits per heavy atom. The Balaban J connectivity index is 2.51. The monoisotopic (exact) mass is 243 g/mol. The molecule has 1 rings (SSSR count). The van der Waals surface area contributed by atoms with Gasteiger partial charge in [0.2, 0.25) is 5.91 Å². The highest BCUT2D eigenvalue weighted by molar-refractivity contribution is 7.15. The Kier molecular flexibility index (Phi) is 4.85. The average molecular weight is 243 g/mol. The first-order chi connectivity index (χ1) is 7.56. The quantitative estimate of drug-likeness (QED) is 0.810. The fourth-order valence-corrected chi connectivity index (χ4v) is 2.00. The van der Waals surface area contributed by atoms with E-state index in [1.807, 2.05) is 13.8 Å². The summed E-state index contributed by atoms with van der Waals surface area (Å²) in [6, 6.07) is 0. The van der Waals surface area contributed by atoms with Gasteiger partial charge in [-0.05, 0) is 13.8 Å². The Morgan fingerprint density at radius 1 is 1.62 bits per heavy atom. The highest BCUT2D eigenvalue weighted by atomic mass is 32.1. The second-order valence-electron chi connectivity index (χ2n) is 3.51. The maximum Gasteiger partial charge on any atom is 0.228 e. The van der Waals surface area contributed by atoms with Gasteiger partial charge in [-0.15, -0.1) is 11.3 Å². The van der Waals surface area contributed by atoms with E-state index in [0.29, 0.717) is 11.7 Å². The largest absolute Gasteiger partial charge is 0.380 e. The number of amides is 1. The zero-order chi connectivity index (χ0) is 12.1. The van der Waals surface area contributed by atoms with Crippen LogP contribution in [-0.4, -0.2) is 30.6 Å². The zero-order valence-electron chi connectivity index (χ0n) is 9.74. The molecule has 1 atom stereocenters. The third-order valence-corrected chi connectivity index (χ3v) is 3.27. The molecule has 0 radical (unpaired) electrons. The van der Waals surface area contributed by atoms with Gasteiger partial charge in [0.1, 0.15) is 0 Å². The van der Waals surface area contributed by atoms with Gasteiger partial charge in [0.05, 0.1) is 18.2 Å². The van der Waals surface area contributed by atoms with Gasteiger partial charge in [0, 0.05) is 18.5 Å². The number of ether oxygens (including phenoxy) is 1. The van der Waals surface area contributed by atoms with Crippen LogP contribution in [0.1, 0.15) is 17.0 Å². The minimum Gasteiger partial charge on any atom is -0.380 e. The fourth-order valence-electron chi connectivity index (χ4n) is 1.17. The number of carbonyl (C=O) groups is 1. The number of aromatic nitrogens is 1. The number of nitrogens with two attached hydrogens (primary N) is 1. The van der Waals surface area contributed by atoms with Gasteiger partial charge >= 0.3 is 0 Å². The molecule has 0 bridgehead atoms. The summed E-state index contributed by atoms with van der Waals surface area (Å²) in [4.78, 5) is 16.9. The molecule has 0 aliphatic carbocycles. The summed E-state index contributed by atoms with van der Waals surface area (Å²) in [5, 5.41) is 3.37. The molecule has 6 heteroatoms. The van der Waals surface area contributed by atoms with Crippen molar-refractivity contribution in [3.8, 4) is 0 Å². The van der Waals surface area contributed by atoms with E-state index < -0.39 is 0 Å². The number of rotatable bonds is 5. The number of thiazole rings is 1. The number of hydrogen-bond donors (Lipinski definition) is 2. The molecule has 16 heavy (non-hydrogen) atoms. The van der Waals surface area contributed by atoms with Gasteiger partial charge in [-0.2, -0.15) is 0 Å². The van der Waals surface area contributed by atoms with Crippen molar-refractivity contribution in [1.82, 2.24) is 4.98 Å². The number of carbonyl (C=O) groups excluding carboxylic acids is 1. The standard InChI is InChI=1S/C10H17N3O2S/c1-6-7(2)16-10(12-6)13-9(14)4-8(5-11)15-3/h8H,4-5,11H2,1-3H3,(H,12,13,14). The van der Waals surface area contributed by atoms with Crippen molar-refractivity contribution in [2.45, 2.75) is 26.4 Å². The van der Waals surface area contributed by atoms with Gasteiger partial charge in [0.25, 0.3) is 0 Å². The van der Waals surface area contributed by atoms with E-state index in [4.69, 9.17) is 10.5 Å². The predicted octanol–water partition coefficient (Wildman–Crippen LogP) is 1.06. The van der Waals surface area contributed by atoms with Crippen LogP contribution in [0.2, 0.25) is 0 Å². The summed E-state index contributed by atoms with van der Waals surface area (Å²) in [6.07, 6.45) is 0.0205. The number of hydrogen-bond acceptors (Lipinski definition) is 5. The molecule has 3 N–H and O–H groups in total. The Hall–Kier alpha value is -0.980. The van der Waals surface area contributed by atoms with Crippen molar-refractivity contribution >= 4 is 22.4 Å². The minimum absolute atomic E-state index is 0.119. The van der Waals surface area contributed by atoms with Crippen molar-refractivity contribution in [1.29, 1.82) is 0 Å². The maximum atomic E-state index is 11.6. The molecular weight excluding hydrogens is 226 g/mol. The van der Waals surface area contributed by atoms with Gasteiger partial charge in [-0.1, -0.05) is 0 Å². The summed E-state index contributed by atoms with van der Waals surface area (Å²) in [6.45, 7) is 4.22. The average Bonchev–Trinajstić information content (AvgIpc) is 2.54. The Morgan fingerprint density at radius 2 is 2.31 bits per heavy atom. The first-order valence-corrected chi connectivity index (χ1v) is 5.85. The summed E-state index contributed by atoms with van der Waals surface area (Å²) < 4.78 is 5.03. The number of methoxy groups -OCH3 is 1. The van der Waals surface area contributed by atoms with Crippen LogP contribution in [0.3, 0.4) is 0 Å². The summed E-state index contributed by atoms with van der Waals surface area (Å²) in [5.74, 6) is -0.119. The first-order valence-electron chi connectivity index (χ1n) is 5.03. The van der Waals surface area contributed by atoms with Gasteiger partial charge in [-0.25, -0.2) is 4.98 Å². The van der Waals surface area contributed by atoms with Crippen LogP contribution < -0.4 is 11.1 Å². The van der Waals surface area contributed by atoms with E-state index in [1.165, 1.54) is 11.3 Å². The lowest BCUT2D eigenvalue weighted by Gasteiger charge is -2.11. The SMILES string of the molecule is COC(CN)CC(=O)Nc1nc(C)c(C)s1. The number of nitrogens with zero attached hydrogens (tertiary/aromatic N) is 1. The van der Waals surface area contributed by atoms with Gasteiger partial charge < -0.3 is 15.8 Å². The molecule has 0 spiro atoms. The molecule has 5 nitrogen and oxygen atoms in total. The highest BCUT2D eigenvalue weighted by Gasteiger charge is 2.13. The molecule has 0 aliphatic heterocycles. The van der Waals surface area contributed by atoms with Crippen molar-refractivity contribution < 1.29 is 9.53 Å². The normalized spacial score (nSPS) is 12.5. The maximum absolute atomic E-state index is 11.6. The van der Waals surface area contributed by atoms with Crippen molar-refractivity contribution in [3.05, 3.63) is 10.6 Å². The third kappa shape index (κ3) is 3.55. The zero-order valence-corrected chi connectivity index (χ0v) is 10.6. The van der Waals surface area contributed by atoms with Crippen LogP contribution in [0.25, 0.3) is 0 Å². The molecule has 1 unspecified atom stereocenters. The molecule has 0 aliphatic rings. The summed E-state index contributed by atoms with van der Waals surface area (Å²) in [5.41, 5.74) is 6.38. The van der Waals surface area contributed by atoms with E-state index in [0.717, 1.165) is 10.6 Å². The van der Waals surface area contributed by atoms with Crippen LogP contribution in [0.5, 0.6) is 0 Å². The third-order valence-electron chi connectivity index (χ3n) is 2.28. The number of aryl methyl sites for hydroxylation is 2. The van der Waals surface area contributed by atoms with E-state index in [9.17, 15) is 4.79 Å². The number of nitrogens with one attached hydrogen (secondary N) is 1. The van der Waals surface area contributed by atoms with Crippen LogP contribution in [0.4, 0.5) is 5.13 Å². The molecule has 0 saturated heterocycles. The Labute approximate surface area is 99.0 Å². The van der Waals surface area contributed by atoms with Crippen LogP contribution in [-0.2, 0) is 9.53 Å². The minimum atomic E-state index is -0.234. The molecule has 1 aromatic heterocycles. The molecule has 0 aromatic carbocycles. The first kappa shape index (κ1) is 13.1. The van der Waals surface area contributed by atoms with Crippen molar-refractivity contribution in [2.24, 2.45) is 5.73 Å². The lowest BCUT2D eigenvalue weighted by molar-refractivity contribution is -0.118. The van der Waals surface area contributed by atoms with Crippen molar-refractivity contribution in [3.63, 3.8) is 0 Å². The van der Waals surface area contributed by atoms with Gasteiger partial charge in [-0.3, -0.25) is 4.79 Å². The van der Waals surface area contributed by atoms with E-state index in [2.05, 4.69) is 10.3 Å². The van der Waals surface area contributed by atoms with E-state index >= 15 is 0 Å². The molecule has 1 amide bonds. The van der Waals surface area contributed by atoms with E-state index in [-0.39, 0.29) is 18.4 Å². The summed E-state index contributed by atoms with van der Waals surface area (Å²) >= 11 is 1.47. The lowest BCUT2D eigenvalue weighted by atomic mass is 10.2. The van der Waals surface area contributed by atoms with Crippen molar-refractivity contribution in [2.75, 3.05) is 19.0 Å². The molecule has 90 valence electrons. The van der Waals surface area contributed by atoms with Crippen LogP contribution >= 0.6 is 11.3 Å². The molecule has 0 saturated carbocycles. The van der Waals surface area contributed by atoms with Gasteiger partial charge in [0.15, 0.2) is 5.13 Å². The molecule has 1 heterocycles. The predicted molar refractivity (Wildman–Crippen MR) is 64.7 cm³/mol. The fraction of sp³-hybridized carbons (Fsp3) is 0.600. The molecule has 1 aromatic rings. The van der Waals surface area contributed by atoms with E-state index in [1.54, 1.807) is 7.11 Å². The second kappa shape index (κ2) is 5.93. The topological polar surface area (TPSA) is 77.2 Å². The molecule has 0 fully saturated rings. The Bertz CT molecular complexity index is 341. The second-order valence-corrected chi connectivity index (χ2v) is 4.71. The summed E-state index contributed by atoms with van der Waals surface area (Å²) in [7, 11) is 1.54. The van der Waals surface area contributed by atoms with Crippen LogP contribution in [0.15, 0.2) is 0 Å². The molecular formula is C10H17N3O2S. The number of anilines is 1. The smallest absolute Gasteiger partial charge is 0.228 e. The van der Waals surface area contributed by atoms with Crippen LogP contribution in [0, 0.1) is 13.8 Å².